The fourth-order valence-corrected chi connectivity index (χ4v) is 3.01. The van der Waals surface area contributed by atoms with Crippen LogP contribution >= 0.6 is 15.9 Å². The highest BCUT2D eigenvalue weighted by Crippen LogP contribution is 2.29. The largest absolute Gasteiger partial charge is 0.394 e. The van der Waals surface area contributed by atoms with Gasteiger partial charge in [0, 0.05) is 29.8 Å². The Balaban J connectivity index is 2.23. The lowest BCUT2D eigenvalue weighted by molar-refractivity contribution is -0.101. The standard InChI is InChI=1S/C14H21BrN2O2/c1-14(2)9-17(7-12(8-18)19-14)11-4-3-10(6-16)13(15)5-11/h3-5,12,18H,6-9,16H2,1-2H3. The lowest BCUT2D eigenvalue weighted by Gasteiger charge is -2.43. The predicted molar refractivity (Wildman–Crippen MR) is 80.3 cm³/mol. The van der Waals surface area contributed by atoms with Gasteiger partial charge in [-0.1, -0.05) is 22.0 Å². The van der Waals surface area contributed by atoms with Crippen molar-refractivity contribution < 1.29 is 9.84 Å². The van der Waals surface area contributed by atoms with Gasteiger partial charge in [0.1, 0.15) is 0 Å². The molecule has 1 aliphatic rings. The first kappa shape index (κ1) is 14.8. The highest BCUT2D eigenvalue weighted by Gasteiger charge is 2.33. The summed E-state index contributed by atoms with van der Waals surface area (Å²) >= 11 is 3.55. The summed E-state index contributed by atoms with van der Waals surface area (Å²) in [6.45, 7) is 6.17. The predicted octanol–water partition coefficient (Wildman–Crippen LogP) is 1.88. The van der Waals surface area contributed by atoms with Gasteiger partial charge in [-0.15, -0.1) is 0 Å². The second kappa shape index (κ2) is 5.79. The molecule has 3 N–H and O–H groups in total. The van der Waals surface area contributed by atoms with Crippen LogP contribution in [-0.2, 0) is 11.3 Å². The van der Waals surface area contributed by atoms with E-state index in [9.17, 15) is 5.11 Å². The Hall–Kier alpha value is -0.620. The van der Waals surface area contributed by atoms with Crippen LogP contribution in [0.2, 0.25) is 0 Å². The van der Waals surface area contributed by atoms with Crippen molar-refractivity contribution in [1.29, 1.82) is 0 Å². The maximum atomic E-state index is 9.35. The van der Waals surface area contributed by atoms with Crippen molar-refractivity contribution in [3.63, 3.8) is 0 Å². The monoisotopic (exact) mass is 328 g/mol. The van der Waals surface area contributed by atoms with Gasteiger partial charge >= 0.3 is 0 Å². The molecule has 1 aromatic carbocycles. The second-order valence-electron chi connectivity index (χ2n) is 5.54. The van der Waals surface area contributed by atoms with Crippen LogP contribution in [0.3, 0.4) is 0 Å². The molecule has 0 aliphatic carbocycles. The van der Waals surface area contributed by atoms with Crippen LogP contribution < -0.4 is 10.6 Å². The first-order chi connectivity index (χ1) is 8.95. The number of nitrogens with zero attached hydrogens (tertiary/aromatic N) is 1. The van der Waals surface area contributed by atoms with Crippen LogP contribution in [0.25, 0.3) is 0 Å². The number of rotatable bonds is 3. The van der Waals surface area contributed by atoms with Crippen LogP contribution in [0.15, 0.2) is 22.7 Å². The summed E-state index contributed by atoms with van der Waals surface area (Å²) in [7, 11) is 0. The summed E-state index contributed by atoms with van der Waals surface area (Å²) in [5, 5.41) is 9.35. The van der Waals surface area contributed by atoms with E-state index < -0.39 is 0 Å². The van der Waals surface area contributed by atoms with Gasteiger partial charge in [-0.25, -0.2) is 0 Å². The van der Waals surface area contributed by atoms with Crippen molar-refractivity contribution in [2.75, 3.05) is 24.6 Å². The van der Waals surface area contributed by atoms with Crippen LogP contribution in [-0.4, -0.2) is 36.5 Å². The minimum atomic E-state index is -0.259. The Kier molecular flexibility index (Phi) is 4.50. The van der Waals surface area contributed by atoms with Gasteiger partial charge in [0.25, 0.3) is 0 Å². The molecule has 0 radical (unpaired) electrons. The van der Waals surface area contributed by atoms with Crippen molar-refractivity contribution in [3.8, 4) is 0 Å². The number of halogens is 1. The zero-order chi connectivity index (χ0) is 14.0. The normalized spacial score (nSPS) is 22.6. The van der Waals surface area contributed by atoms with E-state index >= 15 is 0 Å². The molecule has 2 rings (SSSR count). The summed E-state index contributed by atoms with van der Waals surface area (Å²) in [5.41, 5.74) is 7.63. The summed E-state index contributed by atoms with van der Waals surface area (Å²) < 4.78 is 6.85. The van der Waals surface area contributed by atoms with Gasteiger partial charge in [0.05, 0.1) is 18.3 Å². The highest BCUT2D eigenvalue weighted by molar-refractivity contribution is 9.10. The topological polar surface area (TPSA) is 58.7 Å². The molecule has 0 bridgehead atoms. The van der Waals surface area contributed by atoms with Crippen LogP contribution in [0, 0.1) is 0 Å². The third-order valence-corrected chi connectivity index (χ3v) is 4.04. The molecule has 0 spiro atoms. The average molecular weight is 329 g/mol. The maximum absolute atomic E-state index is 9.35. The fourth-order valence-electron chi connectivity index (χ4n) is 2.49. The molecule has 0 aromatic heterocycles. The molecule has 1 atom stereocenters. The van der Waals surface area contributed by atoms with Gasteiger partial charge in [-0.05, 0) is 31.5 Å². The number of nitrogens with two attached hydrogens (primary N) is 1. The van der Waals surface area contributed by atoms with Crippen molar-refractivity contribution in [1.82, 2.24) is 0 Å². The maximum Gasteiger partial charge on any atom is 0.0988 e. The smallest absolute Gasteiger partial charge is 0.0988 e. The average Bonchev–Trinajstić information content (AvgIpc) is 2.36. The fraction of sp³-hybridized carbons (Fsp3) is 0.571. The van der Waals surface area contributed by atoms with Crippen molar-refractivity contribution in [2.24, 2.45) is 5.73 Å². The van der Waals surface area contributed by atoms with E-state index in [4.69, 9.17) is 10.5 Å². The first-order valence-electron chi connectivity index (χ1n) is 6.47. The van der Waals surface area contributed by atoms with Gasteiger partial charge in [0.2, 0.25) is 0 Å². The summed E-state index contributed by atoms with van der Waals surface area (Å²) in [6.07, 6.45) is -0.142. The van der Waals surface area contributed by atoms with E-state index in [1.54, 1.807) is 0 Å². The molecule has 5 heteroatoms. The van der Waals surface area contributed by atoms with Crippen molar-refractivity contribution >= 4 is 21.6 Å². The molecule has 1 aromatic rings. The second-order valence-corrected chi connectivity index (χ2v) is 6.40. The Morgan fingerprint density at radius 3 is 2.84 bits per heavy atom. The van der Waals surface area contributed by atoms with Crippen LogP contribution in [0.5, 0.6) is 0 Å². The summed E-state index contributed by atoms with van der Waals surface area (Å²) in [6, 6.07) is 6.19. The molecular weight excluding hydrogens is 308 g/mol. The number of ether oxygens (including phenoxy) is 1. The Morgan fingerprint density at radius 2 is 2.26 bits per heavy atom. The Bertz CT molecular complexity index is 451. The molecule has 4 nitrogen and oxygen atoms in total. The van der Waals surface area contributed by atoms with Crippen LogP contribution in [0.1, 0.15) is 19.4 Å². The molecule has 1 aliphatic heterocycles. The minimum Gasteiger partial charge on any atom is -0.394 e. The number of hydrogen-bond donors (Lipinski definition) is 2. The minimum absolute atomic E-state index is 0.0436. The highest BCUT2D eigenvalue weighted by atomic mass is 79.9. The van der Waals surface area contributed by atoms with E-state index in [2.05, 4.69) is 33.0 Å². The number of aliphatic hydroxyl groups excluding tert-OH is 1. The van der Waals surface area contributed by atoms with Gasteiger partial charge < -0.3 is 20.5 Å². The quantitative estimate of drug-likeness (QED) is 0.889. The molecular formula is C14H21BrN2O2. The van der Waals surface area contributed by atoms with E-state index in [0.29, 0.717) is 13.1 Å². The van der Waals surface area contributed by atoms with Gasteiger partial charge in [0.15, 0.2) is 0 Å². The molecule has 0 saturated carbocycles. The zero-order valence-electron chi connectivity index (χ0n) is 11.4. The van der Waals surface area contributed by atoms with E-state index in [1.807, 2.05) is 19.9 Å². The zero-order valence-corrected chi connectivity index (χ0v) is 13.0. The molecule has 1 fully saturated rings. The molecule has 1 unspecified atom stereocenters. The molecule has 106 valence electrons. The first-order valence-corrected chi connectivity index (χ1v) is 7.26. The van der Waals surface area contributed by atoms with Gasteiger partial charge in [-0.2, -0.15) is 0 Å². The lowest BCUT2D eigenvalue weighted by atomic mass is 10.0. The Morgan fingerprint density at radius 1 is 1.53 bits per heavy atom. The third kappa shape index (κ3) is 3.48. The van der Waals surface area contributed by atoms with Crippen molar-refractivity contribution in [3.05, 3.63) is 28.2 Å². The molecule has 1 heterocycles. The Labute approximate surface area is 122 Å². The number of morpholine rings is 1. The summed E-state index contributed by atoms with van der Waals surface area (Å²) in [5.74, 6) is 0. The summed E-state index contributed by atoms with van der Waals surface area (Å²) in [4.78, 5) is 2.25. The van der Waals surface area contributed by atoms with Gasteiger partial charge in [-0.3, -0.25) is 0 Å². The number of aliphatic hydroxyl groups is 1. The molecule has 0 amide bonds. The van der Waals surface area contributed by atoms with E-state index in [0.717, 1.165) is 22.3 Å². The number of anilines is 1. The lowest BCUT2D eigenvalue weighted by Crippen LogP contribution is -2.54. The number of hydrogen-bond acceptors (Lipinski definition) is 4. The van der Waals surface area contributed by atoms with Crippen LogP contribution in [0.4, 0.5) is 5.69 Å². The van der Waals surface area contributed by atoms with Crippen molar-refractivity contribution in [2.45, 2.75) is 32.1 Å². The molecule has 19 heavy (non-hydrogen) atoms. The van der Waals surface area contributed by atoms with E-state index in [1.165, 1.54) is 0 Å². The third-order valence-electron chi connectivity index (χ3n) is 3.31. The van der Waals surface area contributed by atoms with E-state index in [-0.39, 0.29) is 18.3 Å². The SMILES string of the molecule is CC1(C)CN(c2ccc(CN)c(Br)c2)CC(CO)O1. The number of benzene rings is 1. The molecule has 1 saturated heterocycles.